The van der Waals surface area contributed by atoms with Gasteiger partial charge in [0.15, 0.2) is 5.60 Å². The highest BCUT2D eigenvalue weighted by Gasteiger charge is 2.45. The van der Waals surface area contributed by atoms with E-state index in [1.54, 1.807) is 26.0 Å². The Morgan fingerprint density at radius 1 is 1.00 bits per heavy atom. The third-order valence-corrected chi connectivity index (χ3v) is 13.5. The molecule has 0 saturated carbocycles. The van der Waals surface area contributed by atoms with Gasteiger partial charge in [-0.25, -0.2) is 32.6 Å². The van der Waals surface area contributed by atoms with E-state index < -0.39 is 68.4 Å². The molecule has 1 unspecified atom stereocenters. The number of carbonyl (C=O) groups is 5. The quantitative estimate of drug-likeness (QED) is 0.0280. The van der Waals surface area contributed by atoms with E-state index in [9.17, 15) is 46.7 Å². The fourth-order valence-corrected chi connectivity index (χ4v) is 9.28. The number of halogens is 1. The van der Waals surface area contributed by atoms with Gasteiger partial charge in [0.2, 0.25) is 38.6 Å². The van der Waals surface area contributed by atoms with Gasteiger partial charge in [-0.2, -0.15) is 0 Å². The van der Waals surface area contributed by atoms with Gasteiger partial charge in [-0.3, -0.25) is 24.0 Å². The summed E-state index contributed by atoms with van der Waals surface area (Å²) in [7, 11) is -3.55. The van der Waals surface area contributed by atoms with Crippen LogP contribution in [0, 0.1) is 42.3 Å². The van der Waals surface area contributed by atoms with E-state index in [2.05, 4.69) is 37.8 Å². The Kier molecular flexibility index (Phi) is 16.3. The van der Waals surface area contributed by atoms with Gasteiger partial charge < -0.3 is 41.8 Å². The summed E-state index contributed by atoms with van der Waals surface area (Å²) in [5.41, 5.74) is 13.3. The molecule has 6 rings (SSSR count). The number of sulfone groups is 1. The minimum atomic E-state index is -3.55. The SMILES string of the molecule is CC[C@@]1(O)C(=O)OCc2c1cc1n(c2=O)Cc2c-1nc1cc(F)c(C)cc1c2CCCNC(=O)CNC(=O)[C@@H](N)CCCCNC(=O)[C@@H](C(C)C)C(CCC#Cc1cnc(S(C)(=O)=O)nc1)C(N)=O. The molecule has 0 bridgehead atoms. The van der Waals surface area contributed by atoms with Crippen molar-refractivity contribution in [3.05, 3.63) is 80.1 Å². The number of fused-ring (bicyclic) bond motifs is 5. The molecule has 0 aliphatic carbocycles. The maximum Gasteiger partial charge on any atom is 0.343 e. The summed E-state index contributed by atoms with van der Waals surface area (Å²) in [5, 5.41) is 19.9. The predicted molar refractivity (Wildman–Crippen MR) is 251 cm³/mol. The second kappa shape index (κ2) is 21.8. The largest absolute Gasteiger partial charge is 0.458 e. The third kappa shape index (κ3) is 11.6. The zero-order valence-corrected chi connectivity index (χ0v) is 40.1. The molecule has 2 aliphatic heterocycles. The fourth-order valence-electron chi connectivity index (χ4n) is 8.79. The zero-order valence-electron chi connectivity index (χ0n) is 39.2. The topological polar surface area (TPSA) is 298 Å². The van der Waals surface area contributed by atoms with Crippen molar-refractivity contribution in [2.75, 3.05) is 25.9 Å². The van der Waals surface area contributed by atoms with Crippen LogP contribution in [0.1, 0.15) is 99.1 Å². The number of nitrogens with two attached hydrogens (primary N) is 2. The number of hydrogen-bond donors (Lipinski definition) is 6. The van der Waals surface area contributed by atoms with Crippen LogP contribution in [0.2, 0.25) is 0 Å². The van der Waals surface area contributed by atoms with Crippen LogP contribution in [0.5, 0.6) is 0 Å². The highest BCUT2D eigenvalue weighted by atomic mass is 32.2. The van der Waals surface area contributed by atoms with Gasteiger partial charge in [0, 0.05) is 60.7 Å². The fraction of sp³-hybridized carbons (Fsp3) is 0.479. The van der Waals surface area contributed by atoms with Crippen LogP contribution < -0.4 is 33.0 Å². The van der Waals surface area contributed by atoms with Crippen LogP contribution in [0.3, 0.4) is 0 Å². The lowest BCUT2D eigenvalue weighted by atomic mass is 9.79. The Bertz CT molecular complexity index is 2910. The molecule has 8 N–H and O–H groups in total. The number of esters is 1. The van der Waals surface area contributed by atoms with Gasteiger partial charge in [0.05, 0.1) is 59.0 Å². The Labute approximate surface area is 398 Å². The standard InChI is InChI=1S/C48H58FN9O10S/c1-6-48(65)34-19-38-41-32(24-58(38)45(63)33(34)25-68-46(48)64)29(31-18-27(4)35(49)20-37(31)57-41)14-11-17-52-39(59)23-54-43(61)36(50)15-9-10-16-53-44(62)40(26(2)3)30(42(51)60)13-8-7-12-28-21-55-47(56-22-28)69(5,66)67/h18-22,26,30,36,40,65H,6,8-11,13-17,23-25,50H2,1-5H3,(H2,51,60)(H,52,59)(H,53,62)(H,54,61)/t30?,36-,40-,48-/m0/s1. The number of cyclic esters (lactones) is 1. The number of aryl methyl sites for hydroxylation is 2. The first-order valence-electron chi connectivity index (χ1n) is 22.8. The van der Waals surface area contributed by atoms with Gasteiger partial charge in [-0.15, -0.1) is 0 Å². The summed E-state index contributed by atoms with van der Waals surface area (Å²) in [6.45, 7) is 6.94. The molecule has 0 saturated heterocycles. The molecule has 4 aromatic rings. The monoisotopic (exact) mass is 971 g/mol. The number of hydrogen-bond acceptors (Lipinski definition) is 14. The number of nitrogens with zero attached hydrogens (tertiary/aromatic N) is 4. The number of unbranched alkanes of at least 4 members (excludes halogenated alkanes) is 1. The molecule has 2 aliphatic rings. The molecule has 5 heterocycles. The number of pyridine rings is 2. The first-order valence-corrected chi connectivity index (χ1v) is 24.7. The number of aliphatic hydroxyl groups is 1. The average molecular weight is 972 g/mol. The number of primary amides is 1. The Morgan fingerprint density at radius 2 is 1.71 bits per heavy atom. The smallest absolute Gasteiger partial charge is 0.343 e. The number of ether oxygens (including phenoxy) is 1. The Morgan fingerprint density at radius 3 is 2.38 bits per heavy atom. The molecular formula is C48H58FN9O10S. The molecule has 4 amide bonds. The molecule has 3 aromatic heterocycles. The van der Waals surface area contributed by atoms with Gasteiger partial charge in [-0.05, 0) is 81.0 Å². The number of amides is 4. The molecule has 0 fully saturated rings. The van der Waals surface area contributed by atoms with E-state index in [0.717, 1.165) is 17.4 Å². The van der Waals surface area contributed by atoms with Crippen molar-refractivity contribution in [1.29, 1.82) is 0 Å². The van der Waals surface area contributed by atoms with Crippen LogP contribution in [-0.4, -0.2) is 94.6 Å². The van der Waals surface area contributed by atoms with Crippen molar-refractivity contribution in [2.45, 2.75) is 109 Å². The van der Waals surface area contributed by atoms with Crippen molar-refractivity contribution >= 4 is 50.3 Å². The first-order chi connectivity index (χ1) is 32.7. The third-order valence-electron chi connectivity index (χ3n) is 12.6. The molecule has 19 nitrogen and oxygen atoms in total. The summed E-state index contributed by atoms with van der Waals surface area (Å²) >= 11 is 0. The van der Waals surface area contributed by atoms with Crippen molar-refractivity contribution in [1.82, 2.24) is 35.5 Å². The van der Waals surface area contributed by atoms with Crippen LogP contribution >= 0.6 is 0 Å². The van der Waals surface area contributed by atoms with E-state index in [1.807, 2.05) is 13.8 Å². The van der Waals surface area contributed by atoms with Crippen LogP contribution in [0.15, 0.2) is 40.5 Å². The summed E-state index contributed by atoms with van der Waals surface area (Å²) in [6, 6.07) is 3.73. The summed E-state index contributed by atoms with van der Waals surface area (Å²) < 4.78 is 44.8. The van der Waals surface area contributed by atoms with Crippen molar-refractivity contribution in [3.63, 3.8) is 0 Å². The molecule has 1 aromatic carbocycles. The number of benzene rings is 1. The lowest BCUT2D eigenvalue weighted by molar-refractivity contribution is -0.172. The normalized spacial score (nSPS) is 16.3. The van der Waals surface area contributed by atoms with E-state index in [-0.39, 0.29) is 86.6 Å². The van der Waals surface area contributed by atoms with Crippen molar-refractivity contribution in [3.8, 4) is 23.2 Å². The van der Waals surface area contributed by atoms with Gasteiger partial charge in [0.1, 0.15) is 12.4 Å². The maximum absolute atomic E-state index is 14.9. The van der Waals surface area contributed by atoms with E-state index >= 15 is 0 Å². The molecule has 368 valence electrons. The Balaban J connectivity index is 0.953. The molecular weight excluding hydrogens is 914 g/mol. The lowest BCUT2D eigenvalue weighted by Gasteiger charge is -2.31. The second-order valence-electron chi connectivity index (χ2n) is 17.8. The van der Waals surface area contributed by atoms with Crippen molar-refractivity contribution < 1.29 is 46.6 Å². The van der Waals surface area contributed by atoms with Crippen LogP contribution in [0.25, 0.3) is 22.3 Å². The second-order valence-corrected chi connectivity index (χ2v) is 19.8. The number of aromatic nitrogens is 4. The van der Waals surface area contributed by atoms with Crippen molar-refractivity contribution in [2.24, 2.45) is 29.2 Å². The van der Waals surface area contributed by atoms with E-state index in [1.165, 1.54) is 23.0 Å². The van der Waals surface area contributed by atoms with E-state index in [0.29, 0.717) is 59.1 Å². The summed E-state index contributed by atoms with van der Waals surface area (Å²) in [5.74, 6) is 0.739. The molecule has 0 radical (unpaired) electrons. The average Bonchev–Trinajstić information content (AvgIpc) is 3.67. The summed E-state index contributed by atoms with van der Waals surface area (Å²) in [6.07, 6.45) is 6.10. The Hall–Kier alpha value is -6.63. The highest BCUT2D eigenvalue weighted by molar-refractivity contribution is 7.90. The molecule has 0 spiro atoms. The van der Waals surface area contributed by atoms with Gasteiger partial charge in [0.25, 0.3) is 5.56 Å². The van der Waals surface area contributed by atoms with Gasteiger partial charge in [-0.1, -0.05) is 32.6 Å². The van der Waals surface area contributed by atoms with Crippen LogP contribution in [0.4, 0.5) is 4.39 Å². The van der Waals surface area contributed by atoms with E-state index in [4.69, 9.17) is 21.2 Å². The maximum atomic E-state index is 14.9. The highest BCUT2D eigenvalue weighted by Crippen LogP contribution is 2.41. The first kappa shape index (κ1) is 51.8. The van der Waals surface area contributed by atoms with Crippen LogP contribution in [-0.2, 0) is 63.7 Å². The zero-order chi connectivity index (χ0) is 50.4. The number of carbonyl (C=O) groups excluding carboxylic acids is 5. The van der Waals surface area contributed by atoms with Gasteiger partial charge >= 0.3 is 5.97 Å². The lowest BCUT2D eigenvalue weighted by Crippen LogP contribution is -2.45. The molecule has 4 atom stereocenters. The number of rotatable bonds is 20. The minimum Gasteiger partial charge on any atom is -0.458 e. The summed E-state index contributed by atoms with van der Waals surface area (Å²) in [4.78, 5) is 90.1. The number of nitrogens with one attached hydrogen (secondary N) is 3. The molecule has 69 heavy (non-hydrogen) atoms. The minimum absolute atomic E-state index is 0.0140. The predicted octanol–water partition coefficient (Wildman–Crippen LogP) is 1.71. The molecule has 21 heteroatoms.